The Balaban J connectivity index is 0.984. The number of aromatic nitrogens is 3. The summed E-state index contributed by atoms with van der Waals surface area (Å²) in [6.07, 6.45) is 16.3. The van der Waals surface area contributed by atoms with Crippen LogP contribution >= 0.6 is 0 Å². The molecule has 13 nitrogen and oxygen atoms in total. The second-order valence-electron chi connectivity index (χ2n) is 17.5. The number of aryl methyl sites for hydroxylation is 1. The van der Waals surface area contributed by atoms with Crippen molar-refractivity contribution in [1.29, 1.82) is 15.8 Å². The lowest BCUT2D eigenvalue weighted by Crippen LogP contribution is -2.28. The van der Waals surface area contributed by atoms with Crippen LogP contribution in [-0.2, 0) is 25.4 Å². The van der Waals surface area contributed by atoms with Crippen molar-refractivity contribution in [1.82, 2.24) is 15.0 Å². The second-order valence-corrected chi connectivity index (χ2v) is 17.5. The maximum Gasteiger partial charge on any atom is 0.343 e. The molecule has 0 saturated heterocycles. The van der Waals surface area contributed by atoms with E-state index < -0.39 is 11.6 Å². The molecule has 6 rings (SSSR count). The molecule has 68 heavy (non-hydrogen) atoms. The highest BCUT2D eigenvalue weighted by atomic mass is 16.5. The molecule has 13 heteroatoms. The Morgan fingerprint density at radius 3 is 2.28 bits per heavy atom. The van der Waals surface area contributed by atoms with Crippen LogP contribution in [0.2, 0.25) is 0 Å². The Kier molecular flexibility index (Phi) is 16.2. The minimum absolute atomic E-state index is 0.00975. The number of hydrogen-bond acceptors (Lipinski definition) is 12. The standard InChI is InChI=1S/C55H55N7O6/c1-8-38-19-28-47(29-20-38)67-53(64)40-22-26-46(27-23-40)62-37-44(59-60-62)13-11-15-50(63)66-31-30-61(9-2)45-24-17-39(18-25-45)16-21-42-33-54(3,4)32-41(51(42)65-7)12-10-14-49-48(36-58)52(43(34-56)35-57)68-55(49,5)6/h8,10,12,14,16-29,37H,1,9,11,13,15,30-33H2,2-7H3/b14-10+,21-16+,41-12+. The Labute approximate surface area is 398 Å². The zero-order valence-corrected chi connectivity index (χ0v) is 39.4. The van der Waals surface area contributed by atoms with Crippen LogP contribution in [0.5, 0.6) is 5.75 Å². The predicted molar refractivity (Wildman–Crippen MR) is 260 cm³/mol. The summed E-state index contributed by atoms with van der Waals surface area (Å²) in [5.41, 5.74) is 6.49. The number of nitrogens with zero attached hydrogens (tertiary/aromatic N) is 7. The Morgan fingerprint density at radius 2 is 1.63 bits per heavy atom. The first-order valence-corrected chi connectivity index (χ1v) is 22.4. The van der Waals surface area contributed by atoms with Crippen LogP contribution in [-0.4, -0.2) is 59.3 Å². The number of rotatable bonds is 18. The van der Waals surface area contributed by atoms with Crippen molar-refractivity contribution in [2.45, 2.75) is 72.3 Å². The molecule has 0 N–H and O–H groups in total. The van der Waals surface area contributed by atoms with Gasteiger partial charge in [-0.25, -0.2) is 9.48 Å². The van der Waals surface area contributed by atoms with Gasteiger partial charge in [-0.15, -0.1) is 5.10 Å². The summed E-state index contributed by atoms with van der Waals surface area (Å²) >= 11 is 0. The van der Waals surface area contributed by atoms with Gasteiger partial charge in [0.2, 0.25) is 0 Å². The highest BCUT2D eigenvalue weighted by Gasteiger charge is 2.38. The lowest BCUT2D eigenvalue weighted by Gasteiger charge is -2.33. The van der Waals surface area contributed by atoms with Crippen LogP contribution < -0.4 is 9.64 Å². The Hall–Kier alpha value is -8.21. The molecule has 1 aromatic heterocycles. The molecule has 0 amide bonds. The van der Waals surface area contributed by atoms with Gasteiger partial charge in [-0.2, -0.15) is 15.8 Å². The van der Waals surface area contributed by atoms with Gasteiger partial charge in [-0.05, 0) is 123 Å². The van der Waals surface area contributed by atoms with Gasteiger partial charge in [0.1, 0.15) is 47.5 Å². The molecular weight excluding hydrogens is 855 g/mol. The van der Waals surface area contributed by atoms with Crippen LogP contribution in [0.25, 0.3) is 17.8 Å². The van der Waals surface area contributed by atoms with Gasteiger partial charge in [-0.1, -0.05) is 86.4 Å². The van der Waals surface area contributed by atoms with Gasteiger partial charge in [0.25, 0.3) is 0 Å². The fourth-order valence-electron chi connectivity index (χ4n) is 8.08. The van der Waals surface area contributed by atoms with E-state index in [9.17, 15) is 25.4 Å². The lowest BCUT2D eigenvalue weighted by atomic mass is 9.74. The van der Waals surface area contributed by atoms with Crippen LogP contribution in [0.3, 0.4) is 0 Å². The molecule has 2 aliphatic rings. The van der Waals surface area contributed by atoms with E-state index in [0.29, 0.717) is 36.3 Å². The molecule has 0 unspecified atom stereocenters. The fourth-order valence-corrected chi connectivity index (χ4v) is 8.08. The summed E-state index contributed by atoms with van der Waals surface area (Å²) in [5.74, 6) is 0.518. The van der Waals surface area contributed by atoms with Crippen LogP contribution in [0, 0.1) is 39.4 Å². The van der Waals surface area contributed by atoms with Gasteiger partial charge >= 0.3 is 11.9 Å². The summed E-state index contributed by atoms with van der Waals surface area (Å²) in [6.45, 7) is 15.4. The minimum atomic E-state index is -0.903. The largest absolute Gasteiger partial charge is 0.496 e. The third kappa shape index (κ3) is 12.4. The molecule has 4 aromatic rings. The van der Waals surface area contributed by atoms with E-state index in [-0.39, 0.29) is 41.3 Å². The molecule has 0 bridgehead atoms. The van der Waals surface area contributed by atoms with E-state index in [1.165, 1.54) is 0 Å². The fraction of sp³-hybridized carbons (Fsp3) is 0.291. The van der Waals surface area contributed by atoms with Crippen LogP contribution in [0.4, 0.5) is 5.69 Å². The summed E-state index contributed by atoms with van der Waals surface area (Å²) in [4.78, 5) is 27.5. The molecule has 1 aliphatic heterocycles. The normalized spacial score (nSPS) is 15.7. The molecule has 0 fully saturated rings. The highest BCUT2D eigenvalue weighted by molar-refractivity contribution is 5.91. The van der Waals surface area contributed by atoms with Gasteiger partial charge < -0.3 is 23.8 Å². The van der Waals surface area contributed by atoms with E-state index in [4.69, 9.17) is 18.9 Å². The van der Waals surface area contributed by atoms with Crippen molar-refractivity contribution in [3.8, 4) is 29.6 Å². The number of carbonyl (C=O) groups is 2. The van der Waals surface area contributed by atoms with E-state index in [2.05, 4.69) is 85.0 Å². The third-order valence-electron chi connectivity index (χ3n) is 11.5. The topological polar surface area (TPSA) is 176 Å². The van der Waals surface area contributed by atoms with Crippen molar-refractivity contribution >= 4 is 29.8 Å². The predicted octanol–water partition coefficient (Wildman–Crippen LogP) is 10.7. The van der Waals surface area contributed by atoms with E-state index in [1.54, 1.807) is 80.4 Å². The number of carbonyl (C=O) groups excluding carboxylic acids is 2. The summed E-state index contributed by atoms with van der Waals surface area (Å²) < 4.78 is 24.6. The number of hydrogen-bond donors (Lipinski definition) is 0. The van der Waals surface area contributed by atoms with Gasteiger partial charge in [0, 0.05) is 24.2 Å². The molecule has 0 spiro atoms. The Bertz CT molecular complexity index is 2820. The average Bonchev–Trinajstić information content (AvgIpc) is 3.91. The van der Waals surface area contributed by atoms with Crippen LogP contribution in [0.1, 0.15) is 87.5 Å². The summed E-state index contributed by atoms with van der Waals surface area (Å²) in [5, 5.41) is 37.2. The molecule has 346 valence electrons. The quantitative estimate of drug-likeness (QED) is 0.0525. The number of nitriles is 3. The first-order chi connectivity index (χ1) is 32.7. The van der Waals surface area contributed by atoms with E-state index >= 15 is 0 Å². The number of anilines is 1. The second kappa shape index (κ2) is 22.3. The lowest BCUT2D eigenvalue weighted by molar-refractivity contribution is -0.143. The van der Waals surface area contributed by atoms with E-state index in [1.807, 2.05) is 36.4 Å². The van der Waals surface area contributed by atoms with Crippen molar-refractivity contribution in [2.24, 2.45) is 5.41 Å². The number of benzene rings is 3. The smallest absolute Gasteiger partial charge is 0.343 e. The monoisotopic (exact) mass is 909 g/mol. The van der Waals surface area contributed by atoms with Crippen LogP contribution in [0.15, 0.2) is 149 Å². The van der Waals surface area contributed by atoms with Crippen molar-refractivity contribution in [2.75, 3.05) is 31.7 Å². The minimum Gasteiger partial charge on any atom is -0.496 e. The van der Waals surface area contributed by atoms with Gasteiger partial charge in [0.05, 0.1) is 36.8 Å². The number of allylic oxidation sites excluding steroid dienone is 7. The maximum absolute atomic E-state index is 12.7. The van der Waals surface area contributed by atoms with E-state index in [0.717, 1.165) is 64.5 Å². The molecular formula is C55H55N7O6. The molecule has 1 aliphatic carbocycles. The number of methoxy groups -OCH3 is 1. The SMILES string of the molecule is C=Cc1ccc(OC(=O)c2ccc(-n3cc(CCCC(=O)OCCN(CC)c4ccc(/C=C/C5=C(OC)C(=C/C=C/C6=C(C#N)C(=C(C#N)C#N)OC6(C)C)/CC(C)(C)C5)cc4)nn3)cc2)cc1. The molecule has 2 heterocycles. The van der Waals surface area contributed by atoms with Crippen molar-refractivity contribution in [3.05, 3.63) is 172 Å². The average molecular weight is 910 g/mol. The number of ether oxygens (including phenoxy) is 4. The zero-order valence-electron chi connectivity index (χ0n) is 39.4. The number of likely N-dealkylation sites (N-methyl/N-ethyl adjacent to an activating group) is 1. The van der Waals surface area contributed by atoms with Gasteiger partial charge in [0.15, 0.2) is 11.3 Å². The maximum atomic E-state index is 12.7. The number of esters is 2. The van der Waals surface area contributed by atoms with Gasteiger partial charge in [-0.3, -0.25) is 4.79 Å². The Morgan fingerprint density at radius 1 is 0.926 bits per heavy atom. The first-order valence-electron chi connectivity index (χ1n) is 22.4. The zero-order chi connectivity index (χ0) is 48.8. The summed E-state index contributed by atoms with van der Waals surface area (Å²) in [7, 11) is 1.67. The molecule has 3 aromatic carbocycles. The highest BCUT2D eigenvalue weighted by Crippen LogP contribution is 2.44. The molecule has 0 atom stereocenters. The molecule has 0 saturated carbocycles. The third-order valence-corrected chi connectivity index (χ3v) is 11.5. The van der Waals surface area contributed by atoms with Crippen molar-refractivity contribution in [3.63, 3.8) is 0 Å². The first kappa shape index (κ1) is 49.2. The summed E-state index contributed by atoms with van der Waals surface area (Å²) in [6, 6.07) is 28.0. The van der Waals surface area contributed by atoms with Crippen molar-refractivity contribution < 1.29 is 28.5 Å². The molecule has 0 radical (unpaired) electrons.